The summed E-state index contributed by atoms with van der Waals surface area (Å²) in [7, 11) is 0. The number of benzene rings is 7. The zero-order chi connectivity index (χ0) is 32.0. The molecule has 7 aromatic carbocycles. The highest BCUT2D eigenvalue weighted by Gasteiger charge is 2.38. The van der Waals surface area contributed by atoms with E-state index in [0.29, 0.717) is 17.5 Å². The minimum absolute atomic E-state index is 0.223. The predicted molar refractivity (Wildman–Crippen MR) is 196 cm³/mol. The van der Waals surface area contributed by atoms with Crippen molar-refractivity contribution in [3.8, 4) is 45.3 Å². The molecule has 0 saturated heterocycles. The summed E-state index contributed by atoms with van der Waals surface area (Å²) in [6.45, 7) is 4.60. The third kappa shape index (κ3) is 3.93. The molecule has 0 saturated carbocycles. The summed E-state index contributed by atoms with van der Waals surface area (Å²) in [5.74, 6) is 1.87. The zero-order valence-corrected chi connectivity index (χ0v) is 26.5. The topological polar surface area (TPSA) is 51.8 Å². The SMILES string of the molecule is CC1(C)c2ccccc2-c2cccc(-c3nc(-c4ccc5ccccc5c4)nc(-c4cccc5c4oc4cc6ccccc6cc45)n3)c21. The van der Waals surface area contributed by atoms with Crippen molar-refractivity contribution in [3.05, 3.63) is 151 Å². The van der Waals surface area contributed by atoms with Gasteiger partial charge in [-0.05, 0) is 68.1 Å². The first-order chi connectivity index (χ1) is 23.5. The molecule has 2 aromatic heterocycles. The summed E-state index contributed by atoms with van der Waals surface area (Å²) in [6, 6.07) is 49.0. The lowest BCUT2D eigenvalue weighted by atomic mass is 9.80. The van der Waals surface area contributed by atoms with Crippen LogP contribution in [0, 0.1) is 0 Å². The molecule has 2 heterocycles. The Labute approximate surface area is 277 Å². The van der Waals surface area contributed by atoms with Crippen LogP contribution >= 0.6 is 0 Å². The number of aromatic nitrogens is 3. The molecule has 0 amide bonds. The van der Waals surface area contributed by atoms with E-state index in [1.807, 2.05) is 0 Å². The lowest BCUT2D eigenvalue weighted by molar-refractivity contribution is 0.661. The Morgan fingerprint density at radius 2 is 1.06 bits per heavy atom. The quantitative estimate of drug-likeness (QED) is 0.198. The van der Waals surface area contributed by atoms with Gasteiger partial charge in [-0.15, -0.1) is 0 Å². The van der Waals surface area contributed by atoms with Crippen LogP contribution in [0.5, 0.6) is 0 Å². The number of nitrogens with zero attached hydrogens (tertiary/aromatic N) is 3. The van der Waals surface area contributed by atoms with Crippen molar-refractivity contribution in [2.45, 2.75) is 19.3 Å². The molecular formula is C44H29N3O. The van der Waals surface area contributed by atoms with E-state index >= 15 is 0 Å². The monoisotopic (exact) mass is 615 g/mol. The van der Waals surface area contributed by atoms with Crippen LogP contribution in [0.25, 0.3) is 88.8 Å². The molecule has 10 rings (SSSR count). The predicted octanol–water partition coefficient (Wildman–Crippen LogP) is 11.4. The number of fused-ring (bicyclic) bond motifs is 8. The maximum Gasteiger partial charge on any atom is 0.167 e. The van der Waals surface area contributed by atoms with Gasteiger partial charge in [-0.1, -0.05) is 129 Å². The first-order valence-electron chi connectivity index (χ1n) is 16.4. The van der Waals surface area contributed by atoms with E-state index in [0.717, 1.165) is 49.4 Å². The van der Waals surface area contributed by atoms with Crippen LogP contribution in [0.15, 0.2) is 144 Å². The van der Waals surface area contributed by atoms with E-state index in [4.69, 9.17) is 19.4 Å². The van der Waals surface area contributed by atoms with Gasteiger partial charge in [0.25, 0.3) is 0 Å². The van der Waals surface area contributed by atoms with Gasteiger partial charge in [-0.25, -0.2) is 15.0 Å². The highest BCUT2D eigenvalue weighted by molar-refractivity contribution is 6.13. The average molecular weight is 616 g/mol. The van der Waals surface area contributed by atoms with Crippen molar-refractivity contribution in [2.75, 3.05) is 0 Å². The molecule has 0 spiro atoms. The maximum atomic E-state index is 6.64. The molecule has 4 heteroatoms. The molecule has 0 N–H and O–H groups in total. The van der Waals surface area contributed by atoms with Gasteiger partial charge in [0.1, 0.15) is 11.2 Å². The second-order valence-corrected chi connectivity index (χ2v) is 13.2. The molecule has 4 nitrogen and oxygen atoms in total. The van der Waals surface area contributed by atoms with Gasteiger partial charge in [0.2, 0.25) is 0 Å². The Hall–Kier alpha value is -6.13. The summed E-state index contributed by atoms with van der Waals surface area (Å²) >= 11 is 0. The molecular weight excluding hydrogens is 587 g/mol. The molecule has 0 unspecified atom stereocenters. The Kier molecular flexibility index (Phi) is 5.59. The van der Waals surface area contributed by atoms with E-state index in [9.17, 15) is 0 Å². The Morgan fingerprint density at radius 1 is 0.458 bits per heavy atom. The highest BCUT2D eigenvalue weighted by atomic mass is 16.3. The number of para-hydroxylation sites is 1. The van der Waals surface area contributed by atoms with E-state index in [-0.39, 0.29) is 5.41 Å². The lowest BCUT2D eigenvalue weighted by Gasteiger charge is -2.24. The Balaban J connectivity index is 1.24. The molecule has 0 aliphatic heterocycles. The minimum Gasteiger partial charge on any atom is -0.455 e. The van der Waals surface area contributed by atoms with Gasteiger partial charge in [0, 0.05) is 27.3 Å². The number of hydrogen-bond acceptors (Lipinski definition) is 4. The number of furan rings is 1. The van der Waals surface area contributed by atoms with Gasteiger partial charge in [-0.2, -0.15) is 0 Å². The van der Waals surface area contributed by atoms with E-state index < -0.39 is 0 Å². The average Bonchev–Trinajstić information content (AvgIpc) is 3.61. The van der Waals surface area contributed by atoms with Crippen LogP contribution < -0.4 is 0 Å². The number of rotatable bonds is 3. The largest absolute Gasteiger partial charge is 0.455 e. The van der Waals surface area contributed by atoms with Crippen molar-refractivity contribution in [1.82, 2.24) is 15.0 Å². The summed E-state index contributed by atoms with van der Waals surface area (Å²) in [4.78, 5) is 15.6. The fourth-order valence-corrected chi connectivity index (χ4v) is 7.77. The summed E-state index contributed by atoms with van der Waals surface area (Å²) in [5, 5.41) is 6.77. The van der Waals surface area contributed by atoms with Gasteiger partial charge in [0.05, 0.1) is 5.56 Å². The normalized spacial score (nSPS) is 13.4. The fourth-order valence-electron chi connectivity index (χ4n) is 7.77. The van der Waals surface area contributed by atoms with Crippen LogP contribution in [0.4, 0.5) is 0 Å². The van der Waals surface area contributed by atoms with Crippen LogP contribution in [0.1, 0.15) is 25.0 Å². The lowest BCUT2D eigenvalue weighted by Crippen LogP contribution is -2.17. The van der Waals surface area contributed by atoms with Gasteiger partial charge >= 0.3 is 0 Å². The summed E-state index contributed by atoms with van der Waals surface area (Å²) in [5.41, 5.74) is 9.25. The molecule has 1 aliphatic rings. The third-order valence-corrected chi connectivity index (χ3v) is 10.1. The van der Waals surface area contributed by atoms with Crippen LogP contribution in [-0.2, 0) is 5.41 Å². The summed E-state index contributed by atoms with van der Waals surface area (Å²) in [6.07, 6.45) is 0. The van der Waals surface area contributed by atoms with Crippen molar-refractivity contribution in [1.29, 1.82) is 0 Å². The fraction of sp³-hybridized carbons (Fsp3) is 0.0682. The molecule has 48 heavy (non-hydrogen) atoms. The first kappa shape index (κ1) is 27.0. The summed E-state index contributed by atoms with van der Waals surface area (Å²) < 4.78 is 6.64. The van der Waals surface area contributed by atoms with E-state index in [2.05, 4.69) is 153 Å². The smallest absolute Gasteiger partial charge is 0.167 e. The van der Waals surface area contributed by atoms with Gasteiger partial charge in [0.15, 0.2) is 17.5 Å². The Bertz CT molecular complexity index is 2770. The Morgan fingerprint density at radius 3 is 1.90 bits per heavy atom. The molecule has 0 bridgehead atoms. The van der Waals surface area contributed by atoms with Crippen LogP contribution in [0.3, 0.4) is 0 Å². The third-order valence-electron chi connectivity index (χ3n) is 10.1. The molecule has 226 valence electrons. The van der Waals surface area contributed by atoms with Crippen LogP contribution in [0.2, 0.25) is 0 Å². The van der Waals surface area contributed by atoms with Crippen molar-refractivity contribution < 1.29 is 4.42 Å². The zero-order valence-electron chi connectivity index (χ0n) is 26.5. The van der Waals surface area contributed by atoms with Crippen molar-refractivity contribution in [2.24, 2.45) is 0 Å². The van der Waals surface area contributed by atoms with Crippen molar-refractivity contribution >= 4 is 43.5 Å². The maximum absolute atomic E-state index is 6.64. The second kappa shape index (κ2) is 9.93. The molecule has 0 radical (unpaired) electrons. The van der Waals surface area contributed by atoms with Crippen LogP contribution in [-0.4, -0.2) is 15.0 Å². The molecule has 0 atom stereocenters. The first-order valence-corrected chi connectivity index (χ1v) is 16.4. The molecule has 0 fully saturated rings. The second-order valence-electron chi connectivity index (χ2n) is 13.2. The standard InChI is InChI=1S/C44H29N3O/c1-44(2)37-20-8-7-15-31(37)32-16-9-18-34(39(32)44)42-45-41(30-22-21-26-11-3-4-12-27(26)23-30)46-43(47-42)35-19-10-17-33-36-24-28-13-5-6-14-29(28)25-38(36)48-40(33)35/h3-25H,1-2H3. The number of hydrogen-bond donors (Lipinski definition) is 0. The molecule has 1 aliphatic carbocycles. The van der Waals surface area contributed by atoms with Crippen molar-refractivity contribution in [3.63, 3.8) is 0 Å². The highest BCUT2D eigenvalue weighted by Crippen LogP contribution is 2.51. The van der Waals surface area contributed by atoms with E-state index in [1.165, 1.54) is 33.0 Å². The van der Waals surface area contributed by atoms with Gasteiger partial charge < -0.3 is 4.42 Å². The van der Waals surface area contributed by atoms with Gasteiger partial charge in [-0.3, -0.25) is 0 Å². The minimum atomic E-state index is -0.223. The molecule has 9 aromatic rings. The van der Waals surface area contributed by atoms with E-state index in [1.54, 1.807) is 0 Å².